The van der Waals surface area contributed by atoms with E-state index in [-0.39, 0.29) is 5.82 Å². The van der Waals surface area contributed by atoms with Crippen LogP contribution in [0.15, 0.2) is 12.1 Å². The number of imidazole rings is 1. The van der Waals surface area contributed by atoms with Crippen LogP contribution in [0.4, 0.5) is 10.3 Å². The first kappa shape index (κ1) is 11.3. The molecule has 1 fully saturated rings. The van der Waals surface area contributed by atoms with Crippen molar-refractivity contribution in [3.8, 4) is 0 Å². The lowest BCUT2D eigenvalue weighted by molar-refractivity contribution is 0.503. The largest absolute Gasteiger partial charge is 0.369 e. The molecule has 2 N–H and O–H groups in total. The zero-order chi connectivity index (χ0) is 12.2. The molecule has 1 heterocycles. The van der Waals surface area contributed by atoms with Gasteiger partial charge in [-0.05, 0) is 54.3 Å². The highest BCUT2D eigenvalue weighted by atomic mass is 127. The van der Waals surface area contributed by atoms with Crippen LogP contribution >= 0.6 is 22.6 Å². The minimum Gasteiger partial charge on any atom is -0.369 e. The van der Waals surface area contributed by atoms with Gasteiger partial charge in [0.25, 0.3) is 0 Å². The van der Waals surface area contributed by atoms with Gasteiger partial charge in [0.15, 0.2) is 0 Å². The monoisotopic (exact) mass is 345 g/mol. The van der Waals surface area contributed by atoms with E-state index in [2.05, 4.69) is 11.9 Å². The number of fused-ring (bicyclic) bond motifs is 1. The van der Waals surface area contributed by atoms with Gasteiger partial charge in [-0.3, -0.25) is 0 Å². The van der Waals surface area contributed by atoms with Gasteiger partial charge in [0, 0.05) is 12.1 Å². The molecular weight excluding hydrogens is 332 g/mol. The Bertz CT molecular complexity index is 589. The number of hydrogen-bond acceptors (Lipinski definition) is 2. The molecule has 1 aromatic carbocycles. The van der Waals surface area contributed by atoms with Crippen LogP contribution in [0.5, 0.6) is 0 Å². The molecule has 1 atom stereocenters. The lowest BCUT2D eigenvalue weighted by Crippen LogP contribution is -2.10. The summed E-state index contributed by atoms with van der Waals surface area (Å²) >= 11 is 1.97. The van der Waals surface area contributed by atoms with Crippen LogP contribution in [0.2, 0.25) is 0 Å². The maximum absolute atomic E-state index is 13.6. The predicted molar refractivity (Wildman–Crippen MR) is 74.3 cm³/mol. The van der Waals surface area contributed by atoms with Crippen LogP contribution in [-0.4, -0.2) is 9.55 Å². The van der Waals surface area contributed by atoms with E-state index >= 15 is 0 Å². The number of anilines is 1. The zero-order valence-electron chi connectivity index (χ0n) is 9.45. The number of aromatic nitrogens is 2. The van der Waals surface area contributed by atoms with Crippen LogP contribution in [0.25, 0.3) is 11.0 Å². The first-order chi connectivity index (χ1) is 8.08. The third kappa shape index (κ3) is 1.80. The standard InChI is InChI=1S/C12H13FIN3/c1-6(7-2-3-7)17-11-4-8(13)9(14)5-10(11)16-12(17)15/h4-7H,2-3H2,1H3,(H2,15,16). The van der Waals surface area contributed by atoms with Crippen molar-refractivity contribution in [1.29, 1.82) is 0 Å². The van der Waals surface area contributed by atoms with Gasteiger partial charge in [0.05, 0.1) is 14.6 Å². The second-order valence-corrected chi connectivity index (χ2v) is 5.84. The fourth-order valence-corrected chi connectivity index (χ4v) is 2.78. The van der Waals surface area contributed by atoms with Gasteiger partial charge in [0.1, 0.15) is 5.82 Å². The summed E-state index contributed by atoms with van der Waals surface area (Å²) in [6.45, 7) is 2.13. The van der Waals surface area contributed by atoms with Crippen molar-refractivity contribution >= 4 is 39.6 Å². The molecule has 0 bridgehead atoms. The average Bonchev–Trinajstić information content (AvgIpc) is 3.04. The van der Waals surface area contributed by atoms with Crippen molar-refractivity contribution in [1.82, 2.24) is 9.55 Å². The Balaban J connectivity index is 2.22. The third-order valence-corrected chi connectivity index (χ3v) is 4.30. The quantitative estimate of drug-likeness (QED) is 0.849. The second-order valence-electron chi connectivity index (χ2n) is 4.67. The Hall–Kier alpha value is -0.850. The summed E-state index contributed by atoms with van der Waals surface area (Å²) in [6, 6.07) is 3.59. The van der Waals surface area contributed by atoms with Crippen LogP contribution in [0.1, 0.15) is 25.8 Å². The number of benzene rings is 1. The first-order valence-electron chi connectivity index (χ1n) is 5.70. The van der Waals surface area contributed by atoms with Crippen LogP contribution in [0, 0.1) is 15.3 Å². The van der Waals surface area contributed by atoms with E-state index in [4.69, 9.17) is 5.73 Å². The molecule has 0 aliphatic heterocycles. The van der Waals surface area contributed by atoms with Gasteiger partial charge in [0.2, 0.25) is 5.95 Å². The van der Waals surface area contributed by atoms with Crippen LogP contribution in [-0.2, 0) is 0 Å². The Morgan fingerprint density at radius 3 is 2.88 bits per heavy atom. The summed E-state index contributed by atoms with van der Waals surface area (Å²) in [4.78, 5) is 4.32. The summed E-state index contributed by atoms with van der Waals surface area (Å²) in [6.07, 6.45) is 2.46. The van der Waals surface area contributed by atoms with Crippen molar-refractivity contribution in [3.05, 3.63) is 21.5 Å². The van der Waals surface area contributed by atoms with E-state index in [0.717, 1.165) is 11.0 Å². The van der Waals surface area contributed by atoms with Crippen molar-refractivity contribution in [2.24, 2.45) is 5.92 Å². The average molecular weight is 345 g/mol. The molecule has 17 heavy (non-hydrogen) atoms. The Labute approximate surface area is 112 Å². The van der Waals surface area contributed by atoms with E-state index in [9.17, 15) is 4.39 Å². The van der Waals surface area contributed by atoms with Gasteiger partial charge in [-0.25, -0.2) is 9.37 Å². The van der Waals surface area contributed by atoms with E-state index in [1.165, 1.54) is 12.8 Å². The van der Waals surface area contributed by atoms with Crippen molar-refractivity contribution in [2.45, 2.75) is 25.8 Å². The number of nitrogens with two attached hydrogens (primary N) is 1. The molecule has 0 radical (unpaired) electrons. The van der Waals surface area contributed by atoms with Gasteiger partial charge < -0.3 is 10.3 Å². The molecule has 0 spiro atoms. The topological polar surface area (TPSA) is 43.8 Å². The van der Waals surface area contributed by atoms with Gasteiger partial charge in [-0.2, -0.15) is 0 Å². The van der Waals surface area contributed by atoms with Gasteiger partial charge in [-0.15, -0.1) is 0 Å². The molecule has 3 rings (SSSR count). The second kappa shape index (κ2) is 3.83. The van der Waals surface area contributed by atoms with Crippen LogP contribution in [0.3, 0.4) is 0 Å². The maximum Gasteiger partial charge on any atom is 0.201 e. The molecule has 0 amide bonds. The van der Waals surface area contributed by atoms with Crippen molar-refractivity contribution in [3.63, 3.8) is 0 Å². The third-order valence-electron chi connectivity index (χ3n) is 3.47. The highest BCUT2D eigenvalue weighted by Crippen LogP contribution is 2.41. The maximum atomic E-state index is 13.6. The van der Waals surface area contributed by atoms with Gasteiger partial charge >= 0.3 is 0 Å². The van der Waals surface area contributed by atoms with E-state index in [0.29, 0.717) is 21.5 Å². The summed E-state index contributed by atoms with van der Waals surface area (Å²) < 4.78 is 16.2. The molecule has 90 valence electrons. The van der Waals surface area contributed by atoms with Crippen molar-refractivity contribution < 1.29 is 4.39 Å². The Morgan fingerprint density at radius 2 is 2.24 bits per heavy atom. The summed E-state index contributed by atoms with van der Waals surface area (Å²) in [5, 5.41) is 0. The molecular formula is C12H13FIN3. The first-order valence-corrected chi connectivity index (χ1v) is 6.78. The molecule has 5 heteroatoms. The fourth-order valence-electron chi connectivity index (χ4n) is 2.33. The summed E-state index contributed by atoms with van der Waals surface area (Å²) in [5.41, 5.74) is 7.53. The molecule has 3 nitrogen and oxygen atoms in total. The summed E-state index contributed by atoms with van der Waals surface area (Å²) in [7, 11) is 0. The number of nitrogens with zero attached hydrogens (tertiary/aromatic N) is 2. The Morgan fingerprint density at radius 1 is 1.53 bits per heavy atom. The molecule has 1 saturated carbocycles. The van der Waals surface area contributed by atoms with E-state index in [1.807, 2.05) is 27.2 Å². The lowest BCUT2D eigenvalue weighted by atomic mass is 10.2. The predicted octanol–water partition coefficient (Wildman–Crippen LogP) is 3.33. The van der Waals surface area contributed by atoms with Crippen molar-refractivity contribution in [2.75, 3.05) is 5.73 Å². The smallest absolute Gasteiger partial charge is 0.201 e. The van der Waals surface area contributed by atoms with Crippen LogP contribution < -0.4 is 5.73 Å². The zero-order valence-corrected chi connectivity index (χ0v) is 11.6. The normalized spacial score (nSPS) is 17.6. The molecule has 0 saturated heterocycles. The van der Waals surface area contributed by atoms with Gasteiger partial charge in [-0.1, -0.05) is 0 Å². The molecule has 1 aromatic heterocycles. The number of halogens is 2. The molecule has 2 aromatic rings. The highest BCUT2D eigenvalue weighted by molar-refractivity contribution is 14.1. The molecule has 1 unspecified atom stereocenters. The summed E-state index contributed by atoms with van der Waals surface area (Å²) in [5.74, 6) is 0.945. The highest BCUT2D eigenvalue weighted by Gasteiger charge is 2.31. The molecule has 1 aliphatic carbocycles. The number of rotatable bonds is 2. The lowest BCUT2D eigenvalue weighted by Gasteiger charge is -2.15. The minimum absolute atomic E-state index is 0.206. The minimum atomic E-state index is -0.206. The fraction of sp³-hybridized carbons (Fsp3) is 0.417. The number of nitrogen functional groups attached to an aromatic ring is 1. The van der Waals surface area contributed by atoms with E-state index < -0.39 is 0 Å². The Kier molecular flexibility index (Phi) is 2.53. The number of hydrogen-bond donors (Lipinski definition) is 1. The molecule has 1 aliphatic rings. The van der Waals surface area contributed by atoms with E-state index in [1.54, 1.807) is 12.1 Å². The SMILES string of the molecule is CC(C1CC1)n1c(N)nc2cc(I)c(F)cc21.